The number of aliphatic hydroxyl groups excluding tert-OH is 1. The maximum absolute atomic E-state index is 13.9. The Kier molecular flexibility index (Phi) is 5.71. The van der Waals surface area contributed by atoms with E-state index in [1.165, 1.54) is 12.1 Å². The van der Waals surface area contributed by atoms with Crippen LogP contribution in [0.3, 0.4) is 0 Å². The van der Waals surface area contributed by atoms with Crippen LogP contribution in [-0.4, -0.2) is 60.8 Å². The molecule has 6 heteroatoms. The lowest BCUT2D eigenvalue weighted by Gasteiger charge is -2.38. The van der Waals surface area contributed by atoms with Crippen molar-refractivity contribution in [1.29, 1.82) is 0 Å². The lowest BCUT2D eigenvalue weighted by molar-refractivity contribution is 0.0632. The van der Waals surface area contributed by atoms with Crippen LogP contribution in [0.5, 0.6) is 0 Å². The van der Waals surface area contributed by atoms with E-state index >= 15 is 0 Å². The van der Waals surface area contributed by atoms with Crippen LogP contribution in [0.25, 0.3) is 0 Å². The molecule has 1 N–H and O–H groups in total. The summed E-state index contributed by atoms with van der Waals surface area (Å²) >= 11 is 3.05. The Morgan fingerprint density at radius 3 is 2.76 bits per heavy atom. The molecule has 2 atom stereocenters. The summed E-state index contributed by atoms with van der Waals surface area (Å²) < 4.78 is 27.9. The van der Waals surface area contributed by atoms with Crippen LogP contribution in [0, 0.1) is 11.6 Å². The van der Waals surface area contributed by atoms with Crippen molar-refractivity contribution < 1.29 is 13.9 Å². The van der Waals surface area contributed by atoms with Crippen LogP contribution in [0.2, 0.25) is 0 Å². The SMILES string of the molecule is CN1CCN(C)C(CC(O)Cc2c(F)ccc(Br)c2F)C1. The van der Waals surface area contributed by atoms with Gasteiger partial charge in [0.1, 0.15) is 11.6 Å². The van der Waals surface area contributed by atoms with Gasteiger partial charge in [-0.3, -0.25) is 0 Å². The van der Waals surface area contributed by atoms with Gasteiger partial charge in [-0.05, 0) is 48.6 Å². The molecule has 0 spiro atoms. The van der Waals surface area contributed by atoms with E-state index in [4.69, 9.17) is 0 Å². The Labute approximate surface area is 132 Å². The lowest BCUT2D eigenvalue weighted by atomic mass is 9.99. The Bertz CT molecular complexity index is 501. The minimum atomic E-state index is -0.762. The summed E-state index contributed by atoms with van der Waals surface area (Å²) in [5.41, 5.74) is -0.0521. The molecule has 2 unspecified atom stereocenters. The quantitative estimate of drug-likeness (QED) is 0.832. The molecule has 118 valence electrons. The maximum Gasteiger partial charge on any atom is 0.143 e. The van der Waals surface area contributed by atoms with Crippen LogP contribution in [0.1, 0.15) is 12.0 Å². The van der Waals surface area contributed by atoms with Crippen LogP contribution in [0.15, 0.2) is 16.6 Å². The largest absolute Gasteiger partial charge is 0.393 e. The molecule has 21 heavy (non-hydrogen) atoms. The predicted octanol–water partition coefficient (Wildman–Crippen LogP) is 2.27. The number of nitrogens with zero attached hydrogens (tertiary/aromatic N) is 2. The zero-order valence-electron chi connectivity index (χ0n) is 12.3. The average molecular weight is 363 g/mol. The van der Waals surface area contributed by atoms with Gasteiger partial charge in [0.2, 0.25) is 0 Å². The van der Waals surface area contributed by atoms with E-state index in [2.05, 4.69) is 25.7 Å². The average Bonchev–Trinajstić information content (AvgIpc) is 2.43. The summed E-state index contributed by atoms with van der Waals surface area (Å²) in [5.74, 6) is -1.23. The van der Waals surface area contributed by atoms with Gasteiger partial charge >= 0.3 is 0 Å². The second kappa shape index (κ2) is 7.13. The number of hydrogen-bond acceptors (Lipinski definition) is 3. The van der Waals surface area contributed by atoms with Gasteiger partial charge in [-0.1, -0.05) is 0 Å². The van der Waals surface area contributed by atoms with Crippen molar-refractivity contribution in [3.05, 3.63) is 33.8 Å². The third-order valence-corrected chi connectivity index (χ3v) is 4.72. The number of aliphatic hydroxyl groups is 1. The highest BCUT2D eigenvalue weighted by atomic mass is 79.9. The molecule has 0 saturated carbocycles. The van der Waals surface area contributed by atoms with E-state index in [0.717, 1.165) is 19.6 Å². The summed E-state index contributed by atoms with van der Waals surface area (Å²) in [7, 11) is 4.06. The molecule has 1 aromatic carbocycles. The highest BCUT2D eigenvalue weighted by Gasteiger charge is 2.26. The summed E-state index contributed by atoms with van der Waals surface area (Å²) in [6.07, 6.45) is -0.264. The van der Waals surface area contributed by atoms with Gasteiger partial charge in [0.25, 0.3) is 0 Å². The van der Waals surface area contributed by atoms with Crippen molar-refractivity contribution in [2.45, 2.75) is 25.0 Å². The lowest BCUT2D eigenvalue weighted by Crippen LogP contribution is -2.51. The van der Waals surface area contributed by atoms with E-state index in [9.17, 15) is 13.9 Å². The minimum absolute atomic E-state index is 0.00877. The normalized spacial score (nSPS) is 22.5. The van der Waals surface area contributed by atoms with Crippen LogP contribution < -0.4 is 0 Å². The first-order valence-corrected chi connectivity index (χ1v) is 7.87. The van der Waals surface area contributed by atoms with Crippen molar-refractivity contribution in [2.75, 3.05) is 33.7 Å². The zero-order valence-corrected chi connectivity index (χ0v) is 13.9. The molecule has 0 aliphatic carbocycles. The first kappa shape index (κ1) is 16.8. The molecule has 1 saturated heterocycles. The third-order valence-electron chi connectivity index (χ3n) is 4.10. The van der Waals surface area contributed by atoms with Gasteiger partial charge < -0.3 is 14.9 Å². The fourth-order valence-electron chi connectivity index (χ4n) is 2.75. The number of hydrogen-bond donors (Lipinski definition) is 1. The molecular weight excluding hydrogens is 342 g/mol. The molecule has 1 fully saturated rings. The van der Waals surface area contributed by atoms with E-state index in [0.29, 0.717) is 6.42 Å². The summed E-state index contributed by atoms with van der Waals surface area (Å²) in [6, 6.07) is 2.76. The van der Waals surface area contributed by atoms with Crippen LogP contribution >= 0.6 is 15.9 Å². The summed E-state index contributed by atoms with van der Waals surface area (Å²) in [6.45, 7) is 2.79. The second-order valence-corrected chi connectivity index (χ2v) is 6.67. The first-order chi connectivity index (χ1) is 9.88. The highest BCUT2D eigenvalue weighted by molar-refractivity contribution is 9.10. The molecule has 1 aromatic rings. The van der Waals surface area contributed by atoms with Crippen molar-refractivity contribution in [3.63, 3.8) is 0 Å². The summed E-state index contributed by atoms with van der Waals surface area (Å²) in [5, 5.41) is 10.2. The van der Waals surface area contributed by atoms with E-state index < -0.39 is 17.7 Å². The topological polar surface area (TPSA) is 26.7 Å². The van der Waals surface area contributed by atoms with Crippen molar-refractivity contribution >= 4 is 15.9 Å². The second-order valence-electron chi connectivity index (χ2n) is 5.81. The molecule has 1 aliphatic rings. The summed E-state index contributed by atoms with van der Waals surface area (Å²) in [4.78, 5) is 4.40. The number of benzene rings is 1. The zero-order chi connectivity index (χ0) is 15.6. The van der Waals surface area contributed by atoms with Gasteiger partial charge in [0, 0.05) is 37.7 Å². The predicted molar refractivity (Wildman–Crippen MR) is 82.3 cm³/mol. The molecule has 1 heterocycles. The van der Waals surface area contributed by atoms with Crippen molar-refractivity contribution in [2.24, 2.45) is 0 Å². The molecule has 0 bridgehead atoms. The molecule has 0 amide bonds. The third kappa shape index (κ3) is 4.22. The van der Waals surface area contributed by atoms with E-state index in [1.54, 1.807) is 0 Å². The smallest absolute Gasteiger partial charge is 0.143 e. The number of halogens is 3. The van der Waals surface area contributed by atoms with E-state index in [-0.39, 0.29) is 22.5 Å². The van der Waals surface area contributed by atoms with Gasteiger partial charge in [-0.15, -0.1) is 0 Å². The van der Waals surface area contributed by atoms with Crippen LogP contribution in [-0.2, 0) is 6.42 Å². The number of likely N-dealkylation sites (N-methyl/N-ethyl adjacent to an activating group) is 2. The van der Waals surface area contributed by atoms with Gasteiger partial charge in [0.15, 0.2) is 0 Å². The number of piperazine rings is 1. The molecule has 0 radical (unpaired) electrons. The van der Waals surface area contributed by atoms with Gasteiger partial charge in [-0.25, -0.2) is 8.78 Å². The molecule has 3 nitrogen and oxygen atoms in total. The molecule has 1 aliphatic heterocycles. The van der Waals surface area contributed by atoms with Crippen molar-refractivity contribution in [3.8, 4) is 0 Å². The first-order valence-electron chi connectivity index (χ1n) is 7.07. The van der Waals surface area contributed by atoms with Crippen molar-refractivity contribution in [1.82, 2.24) is 9.80 Å². The van der Waals surface area contributed by atoms with Gasteiger partial charge in [-0.2, -0.15) is 0 Å². The van der Waals surface area contributed by atoms with E-state index in [1.807, 2.05) is 14.1 Å². The Balaban J connectivity index is 2.02. The minimum Gasteiger partial charge on any atom is -0.393 e. The maximum atomic E-state index is 13.9. The number of rotatable bonds is 4. The monoisotopic (exact) mass is 362 g/mol. The standard InChI is InChI=1S/C15H21BrF2N2O/c1-19-5-6-20(2)10(9-19)7-11(21)8-12-14(17)4-3-13(16)15(12)18/h3-4,10-11,21H,5-9H2,1-2H3. The Morgan fingerprint density at radius 2 is 2.05 bits per heavy atom. The molecular formula is C15H21BrF2N2O. The fraction of sp³-hybridized carbons (Fsp3) is 0.600. The van der Waals surface area contributed by atoms with Crippen LogP contribution in [0.4, 0.5) is 8.78 Å². The Hall–Kier alpha value is -0.560. The highest BCUT2D eigenvalue weighted by Crippen LogP contribution is 2.24. The Morgan fingerprint density at radius 1 is 1.33 bits per heavy atom. The molecule has 2 rings (SSSR count). The van der Waals surface area contributed by atoms with Gasteiger partial charge in [0.05, 0.1) is 10.6 Å². The molecule has 0 aromatic heterocycles. The fourth-order valence-corrected chi connectivity index (χ4v) is 3.12.